The van der Waals surface area contributed by atoms with E-state index in [4.69, 9.17) is 4.74 Å². The maximum absolute atomic E-state index is 11.8. The average Bonchev–Trinajstić information content (AvgIpc) is 2.34. The maximum Gasteiger partial charge on any atom is 0.258 e. The van der Waals surface area contributed by atoms with Crippen LogP contribution < -0.4 is 5.32 Å². The molecule has 2 aliphatic rings. The summed E-state index contributed by atoms with van der Waals surface area (Å²) in [4.78, 5) is 11.7. The molecule has 104 valence electrons. The van der Waals surface area contributed by atoms with Crippen LogP contribution in [0.2, 0.25) is 0 Å². The van der Waals surface area contributed by atoms with Gasteiger partial charge in [0.25, 0.3) is 15.9 Å². The van der Waals surface area contributed by atoms with Crippen LogP contribution in [0.25, 0.3) is 0 Å². The molecule has 18 heavy (non-hydrogen) atoms. The van der Waals surface area contributed by atoms with Crippen LogP contribution in [0, 0.1) is 0 Å². The lowest BCUT2D eigenvalue weighted by molar-refractivity contribution is -0.132. The van der Waals surface area contributed by atoms with E-state index in [9.17, 15) is 13.2 Å². The van der Waals surface area contributed by atoms with Gasteiger partial charge in [0.1, 0.15) is 0 Å². The van der Waals surface area contributed by atoms with Gasteiger partial charge in [-0.1, -0.05) is 0 Å². The number of carbonyl (C=O) groups is 1. The van der Waals surface area contributed by atoms with Crippen molar-refractivity contribution >= 4 is 15.9 Å². The Hall–Kier alpha value is -0.660. The van der Waals surface area contributed by atoms with Gasteiger partial charge in [0.15, 0.2) is 4.75 Å². The van der Waals surface area contributed by atoms with Gasteiger partial charge in [-0.15, -0.1) is 0 Å². The number of amides is 1. The number of carbonyl (C=O) groups excluding carboxylic acids is 1. The molecule has 0 aromatic heterocycles. The monoisotopic (exact) mass is 276 g/mol. The van der Waals surface area contributed by atoms with E-state index in [-0.39, 0.29) is 12.5 Å². The van der Waals surface area contributed by atoms with E-state index in [0.717, 1.165) is 30.4 Å². The number of rotatable bonds is 4. The van der Waals surface area contributed by atoms with Crippen LogP contribution in [0.5, 0.6) is 0 Å². The number of nitrogens with zero attached hydrogens (tertiary/aromatic N) is 1. The molecule has 0 saturated carbocycles. The van der Waals surface area contributed by atoms with E-state index in [0.29, 0.717) is 12.6 Å². The lowest BCUT2D eigenvalue weighted by Crippen LogP contribution is -2.68. The Kier molecular flexibility index (Phi) is 3.66. The van der Waals surface area contributed by atoms with Gasteiger partial charge in [-0.2, -0.15) is 0 Å². The van der Waals surface area contributed by atoms with E-state index < -0.39 is 14.8 Å². The van der Waals surface area contributed by atoms with Crippen LogP contribution >= 0.6 is 0 Å². The zero-order valence-electron chi connectivity index (χ0n) is 10.8. The third kappa shape index (κ3) is 2.15. The highest BCUT2D eigenvalue weighted by Gasteiger charge is 2.59. The summed E-state index contributed by atoms with van der Waals surface area (Å²) in [6, 6.07) is 0.367. The maximum atomic E-state index is 11.8. The zero-order valence-corrected chi connectivity index (χ0v) is 11.6. The van der Waals surface area contributed by atoms with Crippen LogP contribution in [0.4, 0.5) is 0 Å². The highest BCUT2D eigenvalue weighted by Crippen LogP contribution is 2.34. The molecule has 0 bridgehead atoms. The molecule has 0 atom stereocenters. The fourth-order valence-corrected chi connectivity index (χ4v) is 3.78. The van der Waals surface area contributed by atoms with Crippen LogP contribution in [-0.4, -0.2) is 55.7 Å². The van der Waals surface area contributed by atoms with Gasteiger partial charge in [0.2, 0.25) is 0 Å². The third-order valence-corrected chi connectivity index (χ3v) is 6.04. The van der Waals surface area contributed by atoms with E-state index in [1.54, 1.807) is 0 Å². The molecule has 1 N–H and O–H groups in total. The molecule has 2 saturated heterocycles. The minimum Gasteiger partial charge on any atom is -0.381 e. The molecule has 0 aliphatic carbocycles. The highest BCUT2D eigenvalue weighted by atomic mass is 32.2. The summed E-state index contributed by atoms with van der Waals surface area (Å²) in [6.07, 6.45) is 1.87. The minimum absolute atomic E-state index is 0.224. The first-order valence-electron chi connectivity index (χ1n) is 6.25. The van der Waals surface area contributed by atoms with E-state index >= 15 is 0 Å². The first kappa shape index (κ1) is 13.8. The van der Waals surface area contributed by atoms with Gasteiger partial charge in [-0.05, 0) is 26.7 Å². The Morgan fingerprint density at radius 3 is 2.56 bits per heavy atom. The first-order chi connectivity index (χ1) is 8.37. The van der Waals surface area contributed by atoms with Crippen LogP contribution in [-0.2, 0) is 19.6 Å². The van der Waals surface area contributed by atoms with E-state index in [1.807, 2.05) is 0 Å². The highest BCUT2D eigenvalue weighted by molar-refractivity contribution is 7.94. The Morgan fingerprint density at radius 2 is 2.00 bits per heavy atom. The second kappa shape index (κ2) is 4.79. The van der Waals surface area contributed by atoms with E-state index in [1.165, 1.54) is 13.8 Å². The molecule has 0 spiro atoms. The van der Waals surface area contributed by atoms with Gasteiger partial charge < -0.3 is 10.1 Å². The molecule has 0 aromatic rings. The summed E-state index contributed by atoms with van der Waals surface area (Å²) in [5.74, 6) is -0.309. The Labute approximate surface area is 108 Å². The number of hydrogen-bond donors (Lipinski definition) is 1. The molecule has 0 unspecified atom stereocenters. The van der Waals surface area contributed by atoms with Gasteiger partial charge in [0.05, 0.1) is 0 Å². The molecule has 2 aliphatic heterocycles. The van der Waals surface area contributed by atoms with Crippen molar-refractivity contribution in [3.05, 3.63) is 0 Å². The fraction of sp³-hybridized carbons (Fsp3) is 0.909. The summed E-state index contributed by atoms with van der Waals surface area (Å²) in [5.41, 5.74) is 0. The zero-order chi connectivity index (χ0) is 13.4. The first-order valence-corrected chi connectivity index (χ1v) is 7.69. The summed E-state index contributed by atoms with van der Waals surface area (Å²) < 4.78 is 28.6. The summed E-state index contributed by atoms with van der Waals surface area (Å²) >= 11 is 0. The smallest absolute Gasteiger partial charge is 0.258 e. The number of nitrogens with one attached hydrogen (secondary N) is 1. The molecule has 1 amide bonds. The second-order valence-corrected chi connectivity index (χ2v) is 7.64. The largest absolute Gasteiger partial charge is 0.381 e. The molecule has 2 rings (SSSR count). The summed E-state index contributed by atoms with van der Waals surface area (Å²) in [6.45, 7) is 5.12. The van der Waals surface area contributed by atoms with Crippen molar-refractivity contribution in [1.82, 2.24) is 9.62 Å². The predicted molar refractivity (Wildman–Crippen MR) is 66.6 cm³/mol. The van der Waals surface area contributed by atoms with Crippen molar-refractivity contribution in [2.45, 2.75) is 37.5 Å². The van der Waals surface area contributed by atoms with Crippen molar-refractivity contribution in [2.24, 2.45) is 0 Å². The molecule has 6 nitrogen and oxygen atoms in total. The molecule has 0 radical (unpaired) electrons. The topological polar surface area (TPSA) is 75.7 Å². The summed E-state index contributed by atoms with van der Waals surface area (Å²) in [5, 5.41) is 3.27. The molecular weight excluding hydrogens is 256 g/mol. The van der Waals surface area contributed by atoms with Gasteiger partial charge in [-0.25, -0.2) is 12.7 Å². The lowest BCUT2D eigenvalue weighted by atomic mass is 10.1. The number of sulfonamides is 1. The van der Waals surface area contributed by atoms with Crippen molar-refractivity contribution in [1.29, 1.82) is 0 Å². The average molecular weight is 276 g/mol. The number of hydrogen-bond acceptors (Lipinski definition) is 5. The molecule has 7 heteroatoms. The fourth-order valence-electron chi connectivity index (χ4n) is 2.25. The molecular formula is C11H20N2O4S. The predicted octanol–water partition coefficient (Wildman–Crippen LogP) is -0.294. The van der Waals surface area contributed by atoms with Crippen LogP contribution in [0.15, 0.2) is 0 Å². The third-order valence-electron chi connectivity index (χ3n) is 3.65. The van der Waals surface area contributed by atoms with Gasteiger partial charge >= 0.3 is 0 Å². The second-order valence-electron chi connectivity index (χ2n) is 5.23. The van der Waals surface area contributed by atoms with Crippen LogP contribution in [0.3, 0.4) is 0 Å². The lowest BCUT2D eigenvalue weighted by Gasteiger charge is -2.43. The quantitative estimate of drug-likeness (QED) is 0.763. The summed E-state index contributed by atoms with van der Waals surface area (Å²) in [7, 11) is -3.43. The van der Waals surface area contributed by atoms with Crippen LogP contribution in [0.1, 0.15) is 26.7 Å². The SMILES string of the molecule is CC1(C)C(=O)N(CCNC2CCOCC2)S1(=O)=O. The number of ether oxygens (including phenoxy) is 1. The normalized spacial score (nSPS) is 27.0. The Morgan fingerprint density at radius 1 is 1.39 bits per heavy atom. The Balaban J connectivity index is 1.80. The van der Waals surface area contributed by atoms with E-state index in [2.05, 4.69) is 5.32 Å². The van der Waals surface area contributed by atoms with Crippen molar-refractivity contribution in [3.8, 4) is 0 Å². The molecule has 2 fully saturated rings. The standard InChI is InChI=1S/C11H20N2O4S/c1-11(2)10(14)13(18(11,15)16)6-5-12-9-3-7-17-8-4-9/h9,12H,3-8H2,1-2H3. The van der Waals surface area contributed by atoms with Gasteiger partial charge in [-0.3, -0.25) is 4.79 Å². The van der Waals surface area contributed by atoms with Gasteiger partial charge in [0, 0.05) is 32.3 Å². The van der Waals surface area contributed by atoms with Crippen molar-refractivity contribution < 1.29 is 17.9 Å². The molecule has 0 aromatic carbocycles. The minimum atomic E-state index is -3.43. The Bertz CT molecular complexity index is 426. The van der Waals surface area contributed by atoms with Crippen molar-refractivity contribution in [3.63, 3.8) is 0 Å². The molecule has 2 heterocycles. The van der Waals surface area contributed by atoms with Crippen molar-refractivity contribution in [2.75, 3.05) is 26.3 Å².